The number of benzene rings is 3. The molecular formula is C29H18N2O6. The van der Waals surface area contributed by atoms with E-state index in [1.54, 1.807) is 72.8 Å². The number of allylic oxidation sites excluding steroid dienone is 2. The monoisotopic (exact) mass is 490 g/mol. The SMILES string of the molecule is O=C1C(=O)C(c2c(C(=O)O)[nH]c3ccccc23)C(=O)C(O)=C1c1c(-c2ccccc2)[nH]c2ccccc12. The van der Waals surface area contributed by atoms with Gasteiger partial charge >= 0.3 is 5.97 Å². The van der Waals surface area contributed by atoms with E-state index in [0.29, 0.717) is 33.1 Å². The highest BCUT2D eigenvalue weighted by molar-refractivity contribution is 6.62. The van der Waals surface area contributed by atoms with Crippen molar-refractivity contribution < 1.29 is 29.4 Å². The molecule has 0 saturated carbocycles. The number of aliphatic hydroxyl groups excluding tert-OH is 1. The van der Waals surface area contributed by atoms with Crippen molar-refractivity contribution in [1.82, 2.24) is 9.97 Å². The number of carbonyl (C=O) groups is 4. The van der Waals surface area contributed by atoms with Crippen molar-refractivity contribution in [1.29, 1.82) is 0 Å². The summed E-state index contributed by atoms with van der Waals surface area (Å²) in [5.41, 5.74) is 1.51. The van der Waals surface area contributed by atoms with Crippen molar-refractivity contribution in [3.05, 3.63) is 101 Å². The lowest BCUT2D eigenvalue weighted by Gasteiger charge is -2.22. The van der Waals surface area contributed by atoms with Gasteiger partial charge in [-0.3, -0.25) is 14.4 Å². The largest absolute Gasteiger partial charge is 0.504 e. The number of para-hydroxylation sites is 2. The molecule has 8 nitrogen and oxygen atoms in total. The number of aromatic carboxylic acids is 1. The molecule has 2 heterocycles. The zero-order valence-electron chi connectivity index (χ0n) is 19.1. The molecule has 1 atom stereocenters. The van der Waals surface area contributed by atoms with Gasteiger partial charge in [0.2, 0.25) is 17.3 Å². The molecule has 2 aromatic heterocycles. The quantitative estimate of drug-likeness (QED) is 0.211. The first-order valence-corrected chi connectivity index (χ1v) is 11.4. The van der Waals surface area contributed by atoms with Crippen LogP contribution in [-0.2, 0) is 14.4 Å². The maximum absolute atomic E-state index is 13.6. The van der Waals surface area contributed by atoms with E-state index in [-0.39, 0.29) is 16.8 Å². The maximum Gasteiger partial charge on any atom is 0.352 e. The third-order valence-electron chi connectivity index (χ3n) is 6.71. The molecule has 0 bridgehead atoms. The predicted molar refractivity (Wildman–Crippen MR) is 136 cm³/mol. The van der Waals surface area contributed by atoms with Gasteiger partial charge < -0.3 is 20.2 Å². The van der Waals surface area contributed by atoms with Gasteiger partial charge in [-0.05, 0) is 17.7 Å². The molecule has 1 aliphatic carbocycles. The van der Waals surface area contributed by atoms with E-state index in [4.69, 9.17) is 0 Å². The van der Waals surface area contributed by atoms with Crippen LogP contribution in [0.3, 0.4) is 0 Å². The Labute approximate surface area is 208 Å². The highest BCUT2D eigenvalue weighted by Crippen LogP contribution is 2.42. The van der Waals surface area contributed by atoms with Crippen LogP contribution in [0.15, 0.2) is 84.6 Å². The second-order valence-electron chi connectivity index (χ2n) is 8.77. The molecule has 8 heteroatoms. The number of aromatic amines is 2. The van der Waals surface area contributed by atoms with Crippen molar-refractivity contribution in [2.45, 2.75) is 5.92 Å². The van der Waals surface area contributed by atoms with E-state index in [1.807, 2.05) is 6.07 Å². The topological polar surface area (TPSA) is 140 Å². The second-order valence-corrected chi connectivity index (χ2v) is 8.77. The Morgan fingerprint density at radius 3 is 2.00 bits per heavy atom. The number of carboxylic acids is 1. The number of hydrogen-bond acceptors (Lipinski definition) is 5. The number of rotatable bonds is 4. The number of nitrogens with one attached hydrogen (secondary N) is 2. The van der Waals surface area contributed by atoms with E-state index in [0.717, 1.165) is 0 Å². The molecule has 37 heavy (non-hydrogen) atoms. The fourth-order valence-corrected chi connectivity index (χ4v) is 5.09. The highest BCUT2D eigenvalue weighted by atomic mass is 16.4. The van der Waals surface area contributed by atoms with Crippen LogP contribution in [0.25, 0.3) is 38.6 Å². The van der Waals surface area contributed by atoms with Gasteiger partial charge in [-0.15, -0.1) is 0 Å². The number of H-pyrrole nitrogens is 2. The lowest BCUT2D eigenvalue weighted by atomic mass is 9.77. The first kappa shape index (κ1) is 22.2. The number of carbonyl (C=O) groups excluding carboxylic acids is 3. The zero-order valence-corrected chi connectivity index (χ0v) is 19.1. The molecule has 0 aliphatic heterocycles. The molecule has 180 valence electrons. The molecule has 3 aromatic carbocycles. The van der Waals surface area contributed by atoms with Gasteiger partial charge in [-0.25, -0.2) is 4.79 Å². The minimum absolute atomic E-state index is 0.140. The van der Waals surface area contributed by atoms with Crippen LogP contribution >= 0.6 is 0 Å². The summed E-state index contributed by atoms with van der Waals surface area (Å²) in [6, 6.07) is 22.6. The van der Waals surface area contributed by atoms with Crippen molar-refractivity contribution in [3.63, 3.8) is 0 Å². The minimum atomic E-state index is -1.79. The second kappa shape index (κ2) is 8.17. The van der Waals surface area contributed by atoms with Crippen molar-refractivity contribution in [2.75, 3.05) is 0 Å². The smallest absolute Gasteiger partial charge is 0.352 e. The van der Waals surface area contributed by atoms with E-state index in [9.17, 15) is 29.4 Å². The van der Waals surface area contributed by atoms with Gasteiger partial charge in [-0.2, -0.15) is 0 Å². The third-order valence-corrected chi connectivity index (χ3v) is 6.71. The fourth-order valence-electron chi connectivity index (χ4n) is 5.09. The number of hydrogen-bond donors (Lipinski definition) is 4. The number of carboxylic acid groups (broad SMARTS) is 1. The van der Waals surface area contributed by atoms with Gasteiger partial charge in [0.05, 0.1) is 11.3 Å². The Kier molecular flexibility index (Phi) is 4.91. The van der Waals surface area contributed by atoms with Crippen LogP contribution < -0.4 is 0 Å². The molecule has 0 spiro atoms. The van der Waals surface area contributed by atoms with E-state index in [1.165, 1.54) is 0 Å². The van der Waals surface area contributed by atoms with Gasteiger partial charge in [-0.1, -0.05) is 66.7 Å². The summed E-state index contributed by atoms with van der Waals surface area (Å²) < 4.78 is 0. The van der Waals surface area contributed by atoms with Gasteiger partial charge in [0.15, 0.2) is 5.76 Å². The van der Waals surface area contributed by atoms with Crippen LogP contribution in [0.2, 0.25) is 0 Å². The summed E-state index contributed by atoms with van der Waals surface area (Å²) in [5.74, 6) is -7.25. The fraction of sp³-hybridized carbons (Fsp3) is 0.0345. The van der Waals surface area contributed by atoms with Crippen LogP contribution in [0.5, 0.6) is 0 Å². The number of aliphatic hydroxyl groups is 1. The number of fused-ring (bicyclic) bond motifs is 2. The number of aromatic nitrogens is 2. The lowest BCUT2D eigenvalue weighted by Crippen LogP contribution is -2.36. The van der Waals surface area contributed by atoms with Crippen LogP contribution in [-0.4, -0.2) is 43.5 Å². The molecule has 1 aliphatic rings. The normalized spacial score (nSPS) is 16.2. The van der Waals surface area contributed by atoms with E-state index < -0.39 is 40.6 Å². The van der Waals surface area contributed by atoms with Crippen molar-refractivity contribution in [2.24, 2.45) is 0 Å². The summed E-state index contributed by atoms with van der Waals surface area (Å²) in [6.45, 7) is 0. The predicted octanol–water partition coefficient (Wildman–Crippen LogP) is 4.79. The Morgan fingerprint density at radius 2 is 1.32 bits per heavy atom. The van der Waals surface area contributed by atoms with Gasteiger partial charge in [0.25, 0.3) is 0 Å². The Bertz CT molecular complexity index is 1820. The Balaban J connectivity index is 1.61. The minimum Gasteiger partial charge on any atom is -0.504 e. The average Bonchev–Trinajstić information content (AvgIpc) is 3.48. The molecule has 4 N–H and O–H groups in total. The summed E-state index contributed by atoms with van der Waals surface area (Å²) in [5, 5.41) is 21.8. The van der Waals surface area contributed by atoms with Crippen molar-refractivity contribution in [3.8, 4) is 11.3 Å². The van der Waals surface area contributed by atoms with E-state index in [2.05, 4.69) is 9.97 Å². The molecule has 0 fully saturated rings. The van der Waals surface area contributed by atoms with E-state index >= 15 is 0 Å². The zero-order chi connectivity index (χ0) is 25.8. The maximum atomic E-state index is 13.6. The summed E-state index contributed by atoms with van der Waals surface area (Å²) in [7, 11) is 0. The Morgan fingerprint density at radius 1 is 0.730 bits per heavy atom. The van der Waals surface area contributed by atoms with Crippen LogP contribution in [0.1, 0.15) is 27.5 Å². The number of ketones is 3. The molecule has 0 radical (unpaired) electrons. The highest BCUT2D eigenvalue weighted by Gasteiger charge is 2.47. The van der Waals surface area contributed by atoms with Crippen LogP contribution in [0, 0.1) is 0 Å². The first-order chi connectivity index (χ1) is 17.9. The van der Waals surface area contributed by atoms with Gasteiger partial charge in [0.1, 0.15) is 11.6 Å². The number of Topliss-reactive ketones (excluding diaryl/α,β-unsaturated/α-hetero) is 3. The van der Waals surface area contributed by atoms with Gasteiger partial charge in [0, 0.05) is 32.9 Å². The van der Waals surface area contributed by atoms with Crippen LogP contribution in [0.4, 0.5) is 0 Å². The molecule has 1 unspecified atom stereocenters. The first-order valence-electron chi connectivity index (χ1n) is 11.4. The Hall–Kier alpha value is -5.24. The molecular weight excluding hydrogens is 472 g/mol. The average molecular weight is 490 g/mol. The third kappa shape index (κ3) is 3.23. The molecule has 5 aromatic rings. The summed E-state index contributed by atoms with van der Waals surface area (Å²) >= 11 is 0. The molecule has 0 amide bonds. The summed E-state index contributed by atoms with van der Waals surface area (Å²) in [4.78, 5) is 58.7. The standard InChI is InChI=1S/C29H18N2O6/c32-25-21(19-15-10-4-6-12-17(15)30-23(19)14-8-2-1-3-9-14)26(33)28(35)22(27(25)34)20-16-11-5-7-13-18(16)31-24(20)29(36)37/h1-13,22,30-32H,(H,36,37). The van der Waals surface area contributed by atoms with Crippen molar-refractivity contribution >= 4 is 50.7 Å². The summed E-state index contributed by atoms with van der Waals surface area (Å²) in [6.07, 6.45) is 0. The molecule has 6 rings (SSSR count). The lowest BCUT2D eigenvalue weighted by molar-refractivity contribution is -0.138. The molecule has 0 saturated heterocycles.